The molecule has 10 heteroatoms. The molecular weight excluding hydrogens is 593 g/mol. The van der Waals surface area contributed by atoms with Gasteiger partial charge in [-0.2, -0.15) is 0 Å². The molecule has 0 aliphatic heterocycles. The average molecular weight is 625 g/mol. The van der Waals surface area contributed by atoms with E-state index in [4.69, 9.17) is 23.2 Å². The number of hydrogen-bond acceptors (Lipinski definition) is 4. The lowest BCUT2D eigenvalue weighted by Gasteiger charge is -2.33. The molecule has 0 unspecified atom stereocenters. The molecule has 4 aromatic carbocycles. The Morgan fingerprint density at radius 2 is 1.40 bits per heavy atom. The Labute approximate surface area is 256 Å². The van der Waals surface area contributed by atoms with Gasteiger partial charge in [0.1, 0.15) is 12.6 Å². The fourth-order valence-corrected chi connectivity index (χ4v) is 6.29. The van der Waals surface area contributed by atoms with E-state index in [1.165, 1.54) is 29.2 Å². The Kier molecular flexibility index (Phi) is 10.6. The highest BCUT2D eigenvalue weighted by molar-refractivity contribution is 7.92. The van der Waals surface area contributed by atoms with E-state index in [0.29, 0.717) is 27.8 Å². The Morgan fingerprint density at radius 3 is 2.02 bits per heavy atom. The van der Waals surface area contributed by atoms with Crippen LogP contribution in [0.15, 0.2) is 114 Å². The Balaban J connectivity index is 1.78. The minimum absolute atomic E-state index is 0.0190. The van der Waals surface area contributed by atoms with Crippen molar-refractivity contribution in [3.63, 3.8) is 0 Å². The highest BCUT2D eigenvalue weighted by Gasteiger charge is 2.34. The molecule has 2 amide bonds. The summed E-state index contributed by atoms with van der Waals surface area (Å²) in [6.07, 6.45) is 0.230. The second-order valence-corrected chi connectivity index (χ2v) is 12.3. The van der Waals surface area contributed by atoms with Crippen molar-refractivity contribution >= 4 is 50.7 Å². The molecule has 0 fully saturated rings. The van der Waals surface area contributed by atoms with Crippen LogP contribution in [0.5, 0.6) is 0 Å². The van der Waals surface area contributed by atoms with Crippen LogP contribution in [0.25, 0.3) is 0 Å². The first-order valence-corrected chi connectivity index (χ1v) is 15.6. The zero-order valence-corrected chi connectivity index (χ0v) is 25.3. The summed E-state index contributed by atoms with van der Waals surface area (Å²) >= 11 is 12.3. The van der Waals surface area contributed by atoms with E-state index in [0.717, 1.165) is 9.87 Å². The third-order valence-corrected chi connectivity index (χ3v) is 8.86. The van der Waals surface area contributed by atoms with Gasteiger partial charge >= 0.3 is 0 Å². The SMILES string of the molecule is CCNC(=O)[C@H](Cc1ccccc1)N(Cc1cccc(Cl)c1)C(=O)CN(c1ccccc1)S(=O)(=O)c1ccc(Cl)cc1. The van der Waals surface area contributed by atoms with Gasteiger partial charge in [0.25, 0.3) is 10.0 Å². The summed E-state index contributed by atoms with van der Waals surface area (Å²) in [5.41, 5.74) is 1.86. The first-order valence-electron chi connectivity index (χ1n) is 13.4. The van der Waals surface area contributed by atoms with Crippen molar-refractivity contribution in [2.24, 2.45) is 0 Å². The maximum absolute atomic E-state index is 14.3. The number of benzene rings is 4. The number of sulfonamides is 1. The van der Waals surface area contributed by atoms with Gasteiger partial charge in [-0.05, 0) is 66.6 Å². The normalized spacial score (nSPS) is 11.9. The minimum atomic E-state index is -4.19. The summed E-state index contributed by atoms with van der Waals surface area (Å²) in [5.74, 6) is -0.896. The van der Waals surface area contributed by atoms with E-state index in [1.807, 2.05) is 36.4 Å². The fraction of sp³-hybridized carbons (Fsp3) is 0.188. The maximum Gasteiger partial charge on any atom is 0.264 e. The largest absolute Gasteiger partial charge is 0.355 e. The van der Waals surface area contributed by atoms with Gasteiger partial charge in [0.05, 0.1) is 10.6 Å². The van der Waals surface area contributed by atoms with Crippen LogP contribution in [0, 0.1) is 0 Å². The zero-order valence-electron chi connectivity index (χ0n) is 23.0. The highest BCUT2D eigenvalue weighted by Crippen LogP contribution is 2.26. The van der Waals surface area contributed by atoms with Crippen LogP contribution < -0.4 is 9.62 Å². The van der Waals surface area contributed by atoms with Gasteiger partial charge in [0, 0.05) is 29.6 Å². The van der Waals surface area contributed by atoms with Crippen LogP contribution in [0.1, 0.15) is 18.1 Å². The predicted molar refractivity (Wildman–Crippen MR) is 167 cm³/mol. The topological polar surface area (TPSA) is 86.8 Å². The number of rotatable bonds is 12. The summed E-state index contributed by atoms with van der Waals surface area (Å²) in [6.45, 7) is 1.67. The minimum Gasteiger partial charge on any atom is -0.355 e. The number of carbonyl (C=O) groups excluding carboxylic acids is 2. The zero-order chi connectivity index (χ0) is 30.1. The van der Waals surface area contributed by atoms with Crippen LogP contribution in [-0.4, -0.2) is 44.3 Å². The number of nitrogens with one attached hydrogen (secondary N) is 1. The molecule has 4 rings (SSSR count). The molecule has 1 N–H and O–H groups in total. The molecule has 218 valence electrons. The van der Waals surface area contributed by atoms with E-state index in [-0.39, 0.29) is 23.8 Å². The molecule has 0 bridgehead atoms. The quantitative estimate of drug-likeness (QED) is 0.211. The summed E-state index contributed by atoms with van der Waals surface area (Å²) in [6, 6.07) is 29.6. The van der Waals surface area contributed by atoms with Crippen molar-refractivity contribution in [3.8, 4) is 0 Å². The van der Waals surface area contributed by atoms with Gasteiger partial charge in [-0.3, -0.25) is 13.9 Å². The Bertz CT molecular complexity index is 1600. The summed E-state index contributed by atoms with van der Waals surface area (Å²) in [5, 5.41) is 3.71. The smallest absolute Gasteiger partial charge is 0.264 e. The molecular formula is C32H31Cl2N3O4S. The Morgan fingerprint density at radius 1 is 0.786 bits per heavy atom. The molecule has 42 heavy (non-hydrogen) atoms. The molecule has 1 atom stereocenters. The fourth-order valence-electron chi connectivity index (χ4n) is 4.53. The third kappa shape index (κ3) is 7.91. The Hall–Kier alpha value is -3.85. The second kappa shape index (κ2) is 14.4. The summed E-state index contributed by atoms with van der Waals surface area (Å²) in [7, 11) is -4.19. The number of hydrogen-bond donors (Lipinski definition) is 1. The lowest BCUT2D eigenvalue weighted by Crippen LogP contribution is -2.53. The van der Waals surface area contributed by atoms with E-state index in [9.17, 15) is 18.0 Å². The van der Waals surface area contributed by atoms with Crippen LogP contribution in [-0.2, 0) is 32.6 Å². The number of amides is 2. The molecule has 0 saturated heterocycles. The van der Waals surface area contributed by atoms with Crippen LogP contribution in [0.3, 0.4) is 0 Å². The molecule has 0 saturated carbocycles. The van der Waals surface area contributed by atoms with Gasteiger partial charge in [0.2, 0.25) is 11.8 Å². The first kappa shape index (κ1) is 31.1. The van der Waals surface area contributed by atoms with Gasteiger partial charge in [-0.15, -0.1) is 0 Å². The average Bonchev–Trinajstić information content (AvgIpc) is 2.99. The van der Waals surface area contributed by atoms with Crippen LogP contribution in [0.4, 0.5) is 5.69 Å². The molecule has 0 heterocycles. The summed E-state index contributed by atoms with van der Waals surface area (Å²) < 4.78 is 28.9. The highest BCUT2D eigenvalue weighted by atomic mass is 35.5. The number of nitrogens with zero attached hydrogens (tertiary/aromatic N) is 2. The van der Waals surface area contributed by atoms with Crippen LogP contribution >= 0.6 is 23.2 Å². The van der Waals surface area contributed by atoms with Crippen molar-refractivity contribution < 1.29 is 18.0 Å². The van der Waals surface area contributed by atoms with Gasteiger partial charge in [-0.25, -0.2) is 8.42 Å². The molecule has 4 aromatic rings. The van der Waals surface area contributed by atoms with Crippen molar-refractivity contribution in [2.75, 3.05) is 17.4 Å². The molecule has 0 spiro atoms. The second-order valence-electron chi connectivity index (χ2n) is 9.55. The van der Waals surface area contributed by atoms with Crippen molar-refractivity contribution in [2.45, 2.75) is 30.8 Å². The maximum atomic E-state index is 14.3. The molecule has 0 radical (unpaired) electrons. The molecule has 7 nitrogen and oxygen atoms in total. The first-order chi connectivity index (χ1) is 20.2. The third-order valence-electron chi connectivity index (χ3n) is 6.59. The number of carbonyl (C=O) groups is 2. The van der Waals surface area contributed by atoms with E-state index in [1.54, 1.807) is 55.5 Å². The van der Waals surface area contributed by atoms with Crippen molar-refractivity contribution in [1.29, 1.82) is 0 Å². The molecule has 0 aromatic heterocycles. The number of halogens is 2. The van der Waals surface area contributed by atoms with Crippen molar-refractivity contribution in [3.05, 3.63) is 130 Å². The van der Waals surface area contributed by atoms with E-state index in [2.05, 4.69) is 5.32 Å². The van der Waals surface area contributed by atoms with E-state index < -0.39 is 28.5 Å². The molecule has 0 aliphatic carbocycles. The van der Waals surface area contributed by atoms with Gasteiger partial charge < -0.3 is 10.2 Å². The number of anilines is 1. The monoisotopic (exact) mass is 623 g/mol. The van der Waals surface area contributed by atoms with Gasteiger partial charge in [-0.1, -0.05) is 83.9 Å². The standard InChI is InChI=1S/C32H31Cl2N3O4S/c1-2-35-32(39)30(21-24-10-5-3-6-11-24)36(22-25-12-9-13-27(34)20-25)31(38)23-37(28-14-7-4-8-15-28)42(40,41)29-18-16-26(33)17-19-29/h3-20,30H,2,21-23H2,1H3,(H,35,39)/t30-/m0/s1. The summed E-state index contributed by atoms with van der Waals surface area (Å²) in [4.78, 5) is 29.2. The predicted octanol–water partition coefficient (Wildman–Crippen LogP) is 5.96. The molecule has 0 aliphatic rings. The lowest BCUT2D eigenvalue weighted by atomic mass is 10.0. The van der Waals surface area contributed by atoms with Crippen molar-refractivity contribution in [1.82, 2.24) is 10.2 Å². The van der Waals surface area contributed by atoms with Crippen LogP contribution in [0.2, 0.25) is 10.0 Å². The lowest BCUT2D eigenvalue weighted by molar-refractivity contribution is -0.140. The van der Waals surface area contributed by atoms with E-state index >= 15 is 0 Å². The number of para-hydroxylation sites is 1. The van der Waals surface area contributed by atoms with Gasteiger partial charge in [0.15, 0.2) is 0 Å². The number of likely N-dealkylation sites (N-methyl/N-ethyl adjacent to an activating group) is 1.